The first-order chi connectivity index (χ1) is 7.01. The Balaban J connectivity index is 2.45. The van der Waals surface area contributed by atoms with E-state index < -0.39 is 10.0 Å². The Kier molecular flexibility index (Phi) is 4.11. The molecule has 0 saturated carbocycles. The second-order valence-corrected chi connectivity index (χ2v) is 4.95. The van der Waals surface area contributed by atoms with Crippen LogP contribution in [0.2, 0.25) is 0 Å². The van der Waals surface area contributed by atoms with E-state index in [-0.39, 0.29) is 12.4 Å². The minimum atomic E-state index is -3.43. The highest BCUT2D eigenvalue weighted by atomic mass is 32.2. The molecule has 15 heavy (non-hydrogen) atoms. The van der Waals surface area contributed by atoms with Gasteiger partial charge in [-0.05, 0) is 24.1 Å². The summed E-state index contributed by atoms with van der Waals surface area (Å²) in [5, 5.41) is 4.84. The van der Waals surface area contributed by atoms with Gasteiger partial charge in [0, 0.05) is 0 Å². The molecular weight excluding hydrogens is 214 g/mol. The molecule has 5 heteroatoms. The summed E-state index contributed by atoms with van der Waals surface area (Å²) in [7, 11) is -3.43. The van der Waals surface area contributed by atoms with E-state index in [1.807, 2.05) is 24.3 Å². The summed E-state index contributed by atoms with van der Waals surface area (Å²) in [6, 6.07) is 7.54. The van der Waals surface area contributed by atoms with Gasteiger partial charge >= 0.3 is 0 Å². The van der Waals surface area contributed by atoms with Crippen molar-refractivity contribution in [2.24, 2.45) is 5.14 Å². The molecule has 0 aliphatic rings. The third-order valence-electron chi connectivity index (χ3n) is 1.97. The second-order valence-electron chi connectivity index (χ2n) is 3.21. The van der Waals surface area contributed by atoms with Gasteiger partial charge in [-0.2, -0.15) is 0 Å². The third-order valence-corrected chi connectivity index (χ3v) is 2.70. The number of aryl methyl sites for hydroxylation is 1. The molecule has 0 fully saturated rings. The van der Waals surface area contributed by atoms with Crippen molar-refractivity contribution >= 4 is 10.0 Å². The molecule has 0 spiro atoms. The topological polar surface area (TPSA) is 69.4 Å². The van der Waals surface area contributed by atoms with E-state index in [4.69, 9.17) is 9.88 Å². The van der Waals surface area contributed by atoms with Crippen LogP contribution in [-0.4, -0.2) is 20.8 Å². The van der Waals surface area contributed by atoms with Gasteiger partial charge in [-0.25, -0.2) is 13.6 Å². The van der Waals surface area contributed by atoms with Gasteiger partial charge < -0.3 is 4.74 Å². The Bertz CT molecular complexity index is 397. The lowest BCUT2D eigenvalue weighted by molar-refractivity contribution is 0.341. The van der Waals surface area contributed by atoms with Gasteiger partial charge in [-0.1, -0.05) is 19.1 Å². The van der Waals surface area contributed by atoms with Crippen LogP contribution in [0.5, 0.6) is 5.75 Å². The largest absolute Gasteiger partial charge is 0.492 e. The molecular formula is C10H15NO3S. The number of nitrogens with two attached hydrogens (primary N) is 1. The smallest absolute Gasteiger partial charge is 0.212 e. The van der Waals surface area contributed by atoms with E-state index in [0.29, 0.717) is 5.75 Å². The maximum Gasteiger partial charge on any atom is 0.212 e. The standard InChI is InChI=1S/C10H15NO3S/c1-2-9-3-5-10(6-4-9)14-7-8-15(11,12)13/h3-6H,2,7-8H2,1H3,(H2,11,12,13). The predicted octanol–water partition coefficient (Wildman–Crippen LogP) is 0.916. The van der Waals surface area contributed by atoms with Crippen LogP contribution in [-0.2, 0) is 16.4 Å². The number of sulfonamides is 1. The number of hydrogen-bond acceptors (Lipinski definition) is 3. The van der Waals surface area contributed by atoms with Crippen LogP contribution in [0, 0.1) is 0 Å². The second kappa shape index (κ2) is 5.14. The van der Waals surface area contributed by atoms with E-state index in [9.17, 15) is 8.42 Å². The lowest BCUT2D eigenvalue weighted by atomic mass is 10.2. The summed E-state index contributed by atoms with van der Waals surface area (Å²) in [4.78, 5) is 0. The quantitative estimate of drug-likeness (QED) is 0.816. The van der Waals surface area contributed by atoms with Crippen molar-refractivity contribution in [1.82, 2.24) is 0 Å². The Morgan fingerprint density at radius 1 is 1.27 bits per heavy atom. The summed E-state index contributed by atoms with van der Waals surface area (Å²) in [6.07, 6.45) is 0.970. The molecule has 0 saturated heterocycles. The summed E-state index contributed by atoms with van der Waals surface area (Å²) in [5.41, 5.74) is 1.22. The van der Waals surface area contributed by atoms with Crippen molar-refractivity contribution in [2.75, 3.05) is 12.4 Å². The van der Waals surface area contributed by atoms with E-state index in [0.717, 1.165) is 6.42 Å². The molecule has 0 aliphatic heterocycles. The number of rotatable bonds is 5. The first kappa shape index (κ1) is 12.0. The minimum Gasteiger partial charge on any atom is -0.492 e. The zero-order valence-corrected chi connectivity index (χ0v) is 9.46. The van der Waals surface area contributed by atoms with Gasteiger partial charge in [0.2, 0.25) is 10.0 Å². The van der Waals surface area contributed by atoms with Gasteiger partial charge in [0.15, 0.2) is 0 Å². The first-order valence-corrected chi connectivity index (χ1v) is 6.45. The maximum atomic E-state index is 10.6. The molecule has 4 nitrogen and oxygen atoms in total. The number of hydrogen-bond donors (Lipinski definition) is 1. The Morgan fingerprint density at radius 2 is 1.87 bits per heavy atom. The number of ether oxygens (including phenoxy) is 1. The van der Waals surface area contributed by atoms with Crippen LogP contribution in [0.15, 0.2) is 24.3 Å². The number of primary sulfonamides is 1. The molecule has 84 valence electrons. The van der Waals surface area contributed by atoms with Crippen molar-refractivity contribution in [2.45, 2.75) is 13.3 Å². The van der Waals surface area contributed by atoms with E-state index >= 15 is 0 Å². The van der Waals surface area contributed by atoms with Crippen LogP contribution in [0.4, 0.5) is 0 Å². The first-order valence-electron chi connectivity index (χ1n) is 4.73. The van der Waals surface area contributed by atoms with Crippen LogP contribution in [0.3, 0.4) is 0 Å². The lowest BCUT2D eigenvalue weighted by Gasteiger charge is -2.05. The van der Waals surface area contributed by atoms with Gasteiger partial charge in [-0.3, -0.25) is 0 Å². The monoisotopic (exact) mass is 229 g/mol. The average Bonchev–Trinajstić information content (AvgIpc) is 2.17. The summed E-state index contributed by atoms with van der Waals surface area (Å²) in [6.45, 7) is 2.15. The van der Waals surface area contributed by atoms with Crippen LogP contribution in [0.25, 0.3) is 0 Å². The molecule has 0 amide bonds. The maximum absolute atomic E-state index is 10.6. The van der Waals surface area contributed by atoms with E-state index in [1.165, 1.54) is 5.56 Å². The normalized spacial score (nSPS) is 11.3. The lowest BCUT2D eigenvalue weighted by Crippen LogP contribution is -2.21. The predicted molar refractivity (Wildman–Crippen MR) is 59.3 cm³/mol. The van der Waals surface area contributed by atoms with E-state index in [1.54, 1.807) is 0 Å². The highest BCUT2D eigenvalue weighted by Gasteiger charge is 2.02. The Hall–Kier alpha value is -1.07. The van der Waals surface area contributed by atoms with Crippen LogP contribution in [0.1, 0.15) is 12.5 Å². The Labute approximate surface area is 90.1 Å². The molecule has 0 atom stereocenters. The summed E-state index contributed by atoms with van der Waals surface area (Å²) in [5.74, 6) is 0.499. The molecule has 0 radical (unpaired) electrons. The van der Waals surface area contributed by atoms with Gasteiger partial charge in [0.1, 0.15) is 12.4 Å². The average molecular weight is 229 g/mol. The van der Waals surface area contributed by atoms with Crippen molar-refractivity contribution in [3.8, 4) is 5.75 Å². The minimum absolute atomic E-state index is 0.0876. The van der Waals surface area contributed by atoms with Crippen molar-refractivity contribution in [1.29, 1.82) is 0 Å². The fourth-order valence-corrected chi connectivity index (χ4v) is 1.41. The van der Waals surface area contributed by atoms with Gasteiger partial charge in [0.05, 0.1) is 5.75 Å². The van der Waals surface area contributed by atoms with Gasteiger partial charge in [0.25, 0.3) is 0 Å². The highest BCUT2D eigenvalue weighted by molar-refractivity contribution is 7.89. The fourth-order valence-electron chi connectivity index (χ4n) is 1.10. The summed E-state index contributed by atoms with van der Waals surface area (Å²) >= 11 is 0. The molecule has 0 heterocycles. The molecule has 1 rings (SSSR count). The highest BCUT2D eigenvalue weighted by Crippen LogP contribution is 2.12. The number of benzene rings is 1. The zero-order chi connectivity index (χ0) is 11.3. The molecule has 0 aliphatic carbocycles. The summed E-state index contributed by atoms with van der Waals surface area (Å²) < 4.78 is 26.5. The molecule has 0 aromatic heterocycles. The zero-order valence-electron chi connectivity index (χ0n) is 8.64. The molecule has 0 unspecified atom stereocenters. The Morgan fingerprint density at radius 3 is 2.33 bits per heavy atom. The molecule has 1 aromatic rings. The van der Waals surface area contributed by atoms with E-state index in [2.05, 4.69) is 6.92 Å². The molecule has 1 aromatic carbocycles. The molecule has 0 bridgehead atoms. The van der Waals surface area contributed by atoms with Crippen LogP contribution < -0.4 is 9.88 Å². The van der Waals surface area contributed by atoms with Crippen molar-refractivity contribution < 1.29 is 13.2 Å². The van der Waals surface area contributed by atoms with Gasteiger partial charge in [-0.15, -0.1) is 0 Å². The SMILES string of the molecule is CCc1ccc(OCCS(N)(=O)=O)cc1. The third kappa shape index (κ3) is 4.80. The van der Waals surface area contributed by atoms with Crippen molar-refractivity contribution in [3.63, 3.8) is 0 Å². The fraction of sp³-hybridized carbons (Fsp3) is 0.400. The molecule has 2 N–H and O–H groups in total. The van der Waals surface area contributed by atoms with Crippen molar-refractivity contribution in [3.05, 3.63) is 29.8 Å². The van der Waals surface area contributed by atoms with Crippen LogP contribution >= 0.6 is 0 Å².